The number of benzene rings is 2. The molecular formula is C14H8BrNO2. The third kappa shape index (κ3) is 1.36. The molecule has 0 spiro atoms. The lowest BCUT2D eigenvalue weighted by atomic mass is 9.83. The van der Waals surface area contributed by atoms with Crippen LogP contribution in [0.25, 0.3) is 0 Å². The monoisotopic (exact) mass is 301 g/mol. The molecule has 0 atom stereocenters. The fourth-order valence-electron chi connectivity index (χ4n) is 2.21. The Balaban J connectivity index is 2.41. The third-order valence-electron chi connectivity index (χ3n) is 3.06. The predicted molar refractivity (Wildman–Crippen MR) is 71.9 cm³/mol. The highest BCUT2D eigenvalue weighted by molar-refractivity contribution is 9.10. The zero-order valence-electron chi connectivity index (χ0n) is 9.24. The van der Waals surface area contributed by atoms with Crippen molar-refractivity contribution in [1.29, 1.82) is 0 Å². The summed E-state index contributed by atoms with van der Waals surface area (Å²) in [7, 11) is 0. The van der Waals surface area contributed by atoms with Gasteiger partial charge in [-0.2, -0.15) is 0 Å². The number of hydrogen-bond donors (Lipinski definition) is 1. The summed E-state index contributed by atoms with van der Waals surface area (Å²) in [6, 6.07) is 10.1. The van der Waals surface area contributed by atoms with Crippen molar-refractivity contribution in [2.75, 3.05) is 5.73 Å². The van der Waals surface area contributed by atoms with E-state index in [2.05, 4.69) is 15.9 Å². The van der Waals surface area contributed by atoms with Crippen molar-refractivity contribution in [3.8, 4) is 0 Å². The van der Waals surface area contributed by atoms with E-state index in [1.165, 1.54) is 0 Å². The van der Waals surface area contributed by atoms with Crippen LogP contribution in [-0.2, 0) is 0 Å². The molecule has 3 nitrogen and oxygen atoms in total. The fourth-order valence-corrected chi connectivity index (χ4v) is 2.72. The highest BCUT2D eigenvalue weighted by Crippen LogP contribution is 2.34. The molecule has 3 rings (SSSR count). The van der Waals surface area contributed by atoms with Crippen molar-refractivity contribution in [3.05, 3.63) is 63.1 Å². The topological polar surface area (TPSA) is 60.2 Å². The van der Waals surface area contributed by atoms with Crippen molar-refractivity contribution in [3.63, 3.8) is 0 Å². The van der Waals surface area contributed by atoms with Gasteiger partial charge in [0.25, 0.3) is 0 Å². The van der Waals surface area contributed by atoms with Gasteiger partial charge in [-0.15, -0.1) is 0 Å². The number of nitrogen functional groups attached to an aromatic ring is 1. The molecule has 0 unspecified atom stereocenters. The van der Waals surface area contributed by atoms with Crippen LogP contribution in [0.3, 0.4) is 0 Å². The number of hydrogen-bond acceptors (Lipinski definition) is 3. The Kier molecular flexibility index (Phi) is 2.35. The molecule has 0 amide bonds. The molecule has 4 heteroatoms. The Labute approximate surface area is 112 Å². The van der Waals surface area contributed by atoms with Gasteiger partial charge in [-0.25, -0.2) is 0 Å². The number of carbonyl (C=O) groups excluding carboxylic acids is 2. The molecule has 0 bridgehead atoms. The standard InChI is InChI=1S/C14H8BrNO2/c15-9-5-6-10(16)12-11(9)13(17)7-3-1-2-4-8(7)14(12)18/h1-6H,16H2. The molecule has 0 aliphatic heterocycles. The number of fused-ring (bicyclic) bond motifs is 2. The number of halogens is 1. The zero-order chi connectivity index (χ0) is 12.9. The van der Waals surface area contributed by atoms with Crippen molar-refractivity contribution < 1.29 is 9.59 Å². The molecule has 0 radical (unpaired) electrons. The molecule has 18 heavy (non-hydrogen) atoms. The van der Waals surface area contributed by atoms with Crippen LogP contribution in [0.4, 0.5) is 5.69 Å². The summed E-state index contributed by atoms with van der Waals surface area (Å²) in [5.74, 6) is -0.363. The van der Waals surface area contributed by atoms with Gasteiger partial charge >= 0.3 is 0 Å². The second-order valence-corrected chi connectivity index (χ2v) is 4.94. The van der Waals surface area contributed by atoms with Crippen molar-refractivity contribution in [2.45, 2.75) is 0 Å². The van der Waals surface area contributed by atoms with Gasteiger partial charge in [0, 0.05) is 26.9 Å². The van der Waals surface area contributed by atoms with E-state index in [1.807, 2.05) is 0 Å². The van der Waals surface area contributed by atoms with Gasteiger partial charge in [0.05, 0.1) is 5.56 Å². The second kappa shape index (κ2) is 3.78. The quantitative estimate of drug-likeness (QED) is 0.650. The van der Waals surface area contributed by atoms with Gasteiger partial charge in [-0.1, -0.05) is 40.2 Å². The van der Waals surface area contributed by atoms with Crippen LogP contribution in [0.15, 0.2) is 40.9 Å². The first-order valence-corrected chi connectivity index (χ1v) is 6.17. The molecule has 88 valence electrons. The molecule has 2 aromatic carbocycles. The van der Waals surface area contributed by atoms with Gasteiger partial charge < -0.3 is 5.73 Å². The number of anilines is 1. The molecule has 0 heterocycles. The Morgan fingerprint density at radius 1 is 0.833 bits per heavy atom. The minimum absolute atomic E-state index is 0.167. The maximum atomic E-state index is 12.4. The fraction of sp³-hybridized carbons (Fsp3) is 0. The van der Waals surface area contributed by atoms with E-state index in [9.17, 15) is 9.59 Å². The summed E-state index contributed by atoms with van der Waals surface area (Å²) in [4.78, 5) is 24.8. The molecule has 0 aromatic heterocycles. The smallest absolute Gasteiger partial charge is 0.196 e. The third-order valence-corrected chi connectivity index (χ3v) is 3.72. The lowest BCUT2D eigenvalue weighted by Crippen LogP contribution is -2.22. The van der Waals surface area contributed by atoms with Crippen LogP contribution in [0, 0.1) is 0 Å². The average Bonchev–Trinajstić information content (AvgIpc) is 2.38. The minimum atomic E-state index is -0.195. The number of ketones is 2. The maximum absolute atomic E-state index is 12.4. The molecule has 0 fully saturated rings. The lowest BCUT2D eigenvalue weighted by Gasteiger charge is -2.19. The zero-order valence-corrected chi connectivity index (χ0v) is 10.8. The molecule has 0 saturated heterocycles. The highest BCUT2D eigenvalue weighted by atomic mass is 79.9. The van der Waals surface area contributed by atoms with Crippen LogP contribution in [0.5, 0.6) is 0 Å². The SMILES string of the molecule is Nc1ccc(Br)c2c1C(=O)c1ccccc1C2=O. The molecule has 2 aromatic rings. The van der Waals surface area contributed by atoms with Gasteiger partial charge in [0.1, 0.15) is 0 Å². The van der Waals surface area contributed by atoms with Crippen molar-refractivity contribution in [2.24, 2.45) is 0 Å². The van der Waals surface area contributed by atoms with Crippen LogP contribution < -0.4 is 5.73 Å². The molecular weight excluding hydrogens is 294 g/mol. The summed E-state index contributed by atoms with van der Waals surface area (Å²) >= 11 is 3.31. The van der Waals surface area contributed by atoms with E-state index in [0.717, 1.165) is 0 Å². The van der Waals surface area contributed by atoms with Crippen molar-refractivity contribution >= 4 is 33.2 Å². The first-order chi connectivity index (χ1) is 8.61. The van der Waals surface area contributed by atoms with E-state index >= 15 is 0 Å². The normalized spacial score (nSPS) is 13.2. The summed E-state index contributed by atoms with van der Waals surface area (Å²) < 4.78 is 0.597. The predicted octanol–water partition coefficient (Wildman–Crippen LogP) is 2.81. The van der Waals surface area contributed by atoms with Crippen LogP contribution >= 0.6 is 15.9 Å². The van der Waals surface area contributed by atoms with E-state index in [0.29, 0.717) is 32.4 Å². The molecule has 2 N–H and O–H groups in total. The minimum Gasteiger partial charge on any atom is -0.398 e. The Bertz CT molecular complexity index is 647. The Morgan fingerprint density at radius 2 is 1.39 bits per heavy atom. The van der Waals surface area contributed by atoms with Gasteiger partial charge in [0.2, 0.25) is 0 Å². The summed E-state index contributed by atoms with van der Waals surface area (Å²) in [6.07, 6.45) is 0. The summed E-state index contributed by atoms with van der Waals surface area (Å²) in [6.45, 7) is 0. The highest BCUT2D eigenvalue weighted by Gasteiger charge is 2.32. The molecule has 0 saturated carbocycles. The number of nitrogens with two attached hydrogens (primary N) is 1. The van der Waals surface area contributed by atoms with Gasteiger partial charge in [-0.3, -0.25) is 9.59 Å². The van der Waals surface area contributed by atoms with E-state index in [-0.39, 0.29) is 11.6 Å². The Morgan fingerprint density at radius 3 is 2.00 bits per heavy atom. The largest absolute Gasteiger partial charge is 0.398 e. The maximum Gasteiger partial charge on any atom is 0.196 e. The van der Waals surface area contributed by atoms with Crippen molar-refractivity contribution in [1.82, 2.24) is 0 Å². The summed E-state index contributed by atoms with van der Waals surface area (Å²) in [5.41, 5.74) is 7.67. The van der Waals surface area contributed by atoms with Crippen LogP contribution in [0.2, 0.25) is 0 Å². The first kappa shape index (κ1) is 11.2. The van der Waals surface area contributed by atoms with Gasteiger partial charge in [0.15, 0.2) is 11.6 Å². The van der Waals surface area contributed by atoms with E-state index in [4.69, 9.17) is 5.73 Å². The van der Waals surface area contributed by atoms with E-state index in [1.54, 1.807) is 36.4 Å². The number of rotatable bonds is 0. The first-order valence-electron chi connectivity index (χ1n) is 5.37. The number of carbonyl (C=O) groups is 2. The van der Waals surface area contributed by atoms with Gasteiger partial charge in [-0.05, 0) is 12.1 Å². The van der Waals surface area contributed by atoms with Crippen LogP contribution in [-0.4, -0.2) is 11.6 Å². The Hall–Kier alpha value is -1.94. The van der Waals surface area contributed by atoms with Crippen LogP contribution in [0.1, 0.15) is 31.8 Å². The lowest BCUT2D eigenvalue weighted by molar-refractivity contribution is 0.0979. The summed E-state index contributed by atoms with van der Waals surface area (Å²) in [5, 5.41) is 0. The second-order valence-electron chi connectivity index (χ2n) is 4.09. The van der Waals surface area contributed by atoms with E-state index < -0.39 is 0 Å². The average molecular weight is 302 g/mol. The molecule has 1 aliphatic carbocycles. The molecule has 1 aliphatic rings.